The number of halogens is 1. The van der Waals surface area contributed by atoms with Crippen molar-refractivity contribution in [2.45, 2.75) is 31.1 Å². The van der Waals surface area contributed by atoms with Gasteiger partial charge in [-0.2, -0.15) is 16.9 Å². The Bertz CT molecular complexity index is 1490. The molecule has 9 nitrogen and oxygen atoms in total. The third kappa shape index (κ3) is 6.46. The van der Waals surface area contributed by atoms with Gasteiger partial charge in [0.2, 0.25) is 5.95 Å². The number of anilines is 2. The van der Waals surface area contributed by atoms with E-state index < -0.39 is 15.8 Å². The second kappa shape index (κ2) is 11.6. The normalized spacial score (nSPS) is 11.7. The molecule has 196 valence electrons. The van der Waals surface area contributed by atoms with Crippen molar-refractivity contribution in [3.8, 4) is 21.8 Å². The number of benzene rings is 1. The number of hydrogen-bond acceptors (Lipinski definition) is 9. The summed E-state index contributed by atoms with van der Waals surface area (Å²) in [6, 6.07) is 6.08. The standard InChI is InChI=1S/C24H28FN7O2S3/c1-15(2)23-30-21(22(36-23)19-8-10-27-24(29-19)26-9-5-11-35-4)16-6-7-18(25)20(12-16)31-37(33,34)17-13-28-32(3)14-17/h6-8,10,12-15,31H,5,9,11H2,1-4H3,(H,26,27,29). The molecule has 0 unspecified atom stereocenters. The van der Waals surface area contributed by atoms with Gasteiger partial charge in [0.25, 0.3) is 10.0 Å². The van der Waals surface area contributed by atoms with Crippen LogP contribution in [0.1, 0.15) is 31.2 Å². The molecular formula is C24H28FN7O2S3. The van der Waals surface area contributed by atoms with Gasteiger partial charge in [0.05, 0.1) is 33.2 Å². The maximum absolute atomic E-state index is 14.7. The summed E-state index contributed by atoms with van der Waals surface area (Å²) in [4.78, 5) is 14.6. The molecule has 0 aliphatic carbocycles. The number of sulfonamides is 1. The number of nitrogens with one attached hydrogen (secondary N) is 2. The Balaban J connectivity index is 1.70. The molecule has 3 heterocycles. The molecule has 0 spiro atoms. The lowest BCUT2D eigenvalue weighted by Gasteiger charge is -2.10. The van der Waals surface area contributed by atoms with Crippen molar-refractivity contribution >= 4 is 44.8 Å². The predicted octanol–water partition coefficient (Wildman–Crippen LogP) is 5.23. The molecule has 2 N–H and O–H groups in total. The van der Waals surface area contributed by atoms with Crippen molar-refractivity contribution in [2.75, 3.05) is 28.6 Å². The van der Waals surface area contributed by atoms with Gasteiger partial charge >= 0.3 is 0 Å². The summed E-state index contributed by atoms with van der Waals surface area (Å²) < 4.78 is 44.0. The number of hydrogen-bond donors (Lipinski definition) is 2. The second-order valence-corrected chi connectivity index (χ2v) is 12.3. The molecule has 0 fully saturated rings. The fourth-order valence-electron chi connectivity index (χ4n) is 3.43. The van der Waals surface area contributed by atoms with E-state index in [1.165, 1.54) is 40.5 Å². The minimum atomic E-state index is -4.02. The number of thiazole rings is 1. The van der Waals surface area contributed by atoms with Crippen LogP contribution in [0.25, 0.3) is 21.8 Å². The van der Waals surface area contributed by atoms with Gasteiger partial charge in [-0.1, -0.05) is 13.8 Å². The summed E-state index contributed by atoms with van der Waals surface area (Å²) in [6.45, 7) is 4.85. The molecule has 1 aromatic carbocycles. The van der Waals surface area contributed by atoms with Crippen molar-refractivity contribution < 1.29 is 12.8 Å². The average molecular weight is 562 g/mol. The molecule has 0 radical (unpaired) electrons. The van der Waals surface area contributed by atoms with Crippen LogP contribution in [-0.4, -0.2) is 51.7 Å². The van der Waals surface area contributed by atoms with Gasteiger partial charge < -0.3 is 5.32 Å². The number of rotatable bonds is 11. The highest BCUT2D eigenvalue weighted by Gasteiger charge is 2.22. The van der Waals surface area contributed by atoms with Crippen LogP contribution in [-0.2, 0) is 17.1 Å². The maximum Gasteiger partial charge on any atom is 0.265 e. The Morgan fingerprint density at radius 2 is 2.03 bits per heavy atom. The SMILES string of the molecule is CSCCCNc1nccc(-c2sc(C(C)C)nc2-c2ccc(F)c(NS(=O)(=O)c3cnn(C)c3)c2)n1. The smallest absolute Gasteiger partial charge is 0.265 e. The van der Waals surface area contributed by atoms with E-state index in [1.54, 1.807) is 31.1 Å². The lowest BCUT2D eigenvalue weighted by Crippen LogP contribution is -2.13. The van der Waals surface area contributed by atoms with E-state index >= 15 is 0 Å². The molecule has 4 aromatic rings. The molecule has 0 atom stereocenters. The highest BCUT2D eigenvalue weighted by Crippen LogP contribution is 2.39. The molecule has 0 bridgehead atoms. The largest absolute Gasteiger partial charge is 0.354 e. The van der Waals surface area contributed by atoms with E-state index in [2.05, 4.69) is 31.4 Å². The van der Waals surface area contributed by atoms with Crippen LogP contribution in [0, 0.1) is 5.82 Å². The minimum absolute atomic E-state index is 0.0604. The number of thioether (sulfide) groups is 1. The predicted molar refractivity (Wildman–Crippen MR) is 148 cm³/mol. The van der Waals surface area contributed by atoms with Gasteiger partial charge in [-0.25, -0.2) is 27.8 Å². The van der Waals surface area contributed by atoms with E-state index in [9.17, 15) is 12.8 Å². The zero-order chi connectivity index (χ0) is 26.6. The fraction of sp³-hybridized carbons (Fsp3) is 0.333. The Morgan fingerprint density at radius 3 is 2.73 bits per heavy atom. The van der Waals surface area contributed by atoms with Crippen LogP contribution in [0.2, 0.25) is 0 Å². The van der Waals surface area contributed by atoms with E-state index in [0.29, 0.717) is 22.9 Å². The van der Waals surface area contributed by atoms with Crippen LogP contribution in [0.15, 0.2) is 47.8 Å². The summed E-state index contributed by atoms with van der Waals surface area (Å²) in [5.74, 6) is 1.03. The number of aromatic nitrogens is 5. The third-order valence-corrected chi connectivity index (χ3v) is 8.71. The lowest BCUT2D eigenvalue weighted by atomic mass is 10.1. The molecule has 4 rings (SSSR count). The van der Waals surface area contributed by atoms with Gasteiger partial charge in [-0.05, 0) is 42.7 Å². The highest BCUT2D eigenvalue weighted by molar-refractivity contribution is 7.98. The van der Waals surface area contributed by atoms with E-state index in [4.69, 9.17) is 4.98 Å². The van der Waals surface area contributed by atoms with Crippen LogP contribution < -0.4 is 10.0 Å². The zero-order valence-corrected chi connectivity index (χ0v) is 23.3. The first kappa shape index (κ1) is 27.0. The van der Waals surface area contributed by atoms with E-state index in [1.807, 2.05) is 19.9 Å². The summed E-state index contributed by atoms with van der Waals surface area (Å²) in [5, 5.41) is 8.03. The molecule has 0 amide bonds. The number of aryl methyl sites for hydroxylation is 1. The third-order valence-electron chi connectivity index (χ3n) is 5.31. The Kier molecular flexibility index (Phi) is 8.45. The second-order valence-electron chi connectivity index (χ2n) is 8.57. The molecule has 0 saturated heterocycles. The zero-order valence-electron chi connectivity index (χ0n) is 20.9. The summed E-state index contributed by atoms with van der Waals surface area (Å²) in [7, 11) is -2.42. The Labute approximate surface area is 224 Å². The van der Waals surface area contributed by atoms with Crippen molar-refractivity contribution in [1.29, 1.82) is 0 Å². The van der Waals surface area contributed by atoms with Gasteiger partial charge in [-0.3, -0.25) is 9.40 Å². The van der Waals surface area contributed by atoms with Gasteiger partial charge in [0.1, 0.15) is 10.7 Å². The fourth-order valence-corrected chi connectivity index (χ4v) is 5.97. The van der Waals surface area contributed by atoms with Gasteiger partial charge in [0.15, 0.2) is 0 Å². The molecule has 0 aliphatic rings. The molecular weight excluding hydrogens is 534 g/mol. The van der Waals surface area contributed by atoms with Crippen LogP contribution >= 0.6 is 23.1 Å². The van der Waals surface area contributed by atoms with Crippen molar-refractivity contribution in [3.63, 3.8) is 0 Å². The van der Waals surface area contributed by atoms with E-state index in [-0.39, 0.29) is 16.5 Å². The summed E-state index contributed by atoms with van der Waals surface area (Å²) >= 11 is 3.29. The van der Waals surface area contributed by atoms with Crippen LogP contribution in [0.4, 0.5) is 16.0 Å². The highest BCUT2D eigenvalue weighted by atomic mass is 32.2. The lowest BCUT2D eigenvalue weighted by molar-refractivity contribution is 0.598. The first-order valence-corrected chi connectivity index (χ1v) is 15.3. The van der Waals surface area contributed by atoms with E-state index in [0.717, 1.165) is 28.6 Å². The topological polar surface area (TPSA) is 115 Å². The molecule has 0 saturated carbocycles. The molecule has 37 heavy (non-hydrogen) atoms. The monoisotopic (exact) mass is 561 g/mol. The van der Waals surface area contributed by atoms with Crippen molar-refractivity contribution in [1.82, 2.24) is 24.7 Å². The minimum Gasteiger partial charge on any atom is -0.354 e. The molecule has 0 aliphatic heterocycles. The Morgan fingerprint density at radius 1 is 1.22 bits per heavy atom. The molecule has 13 heteroatoms. The van der Waals surface area contributed by atoms with Crippen molar-refractivity contribution in [3.05, 3.63) is 53.7 Å². The first-order valence-electron chi connectivity index (χ1n) is 11.6. The number of nitrogens with zero attached hydrogens (tertiary/aromatic N) is 5. The molecule has 3 aromatic heterocycles. The van der Waals surface area contributed by atoms with Gasteiger partial charge in [-0.15, -0.1) is 11.3 Å². The van der Waals surface area contributed by atoms with Gasteiger partial charge in [0, 0.05) is 37.5 Å². The van der Waals surface area contributed by atoms with Crippen LogP contribution in [0.3, 0.4) is 0 Å². The maximum atomic E-state index is 14.7. The average Bonchev–Trinajstić information content (AvgIpc) is 3.51. The first-order chi connectivity index (χ1) is 17.7. The summed E-state index contributed by atoms with van der Waals surface area (Å²) in [6.07, 6.45) is 7.30. The Hall–Kier alpha value is -3.03. The quantitative estimate of drug-likeness (QED) is 0.239. The van der Waals surface area contributed by atoms with Crippen molar-refractivity contribution in [2.24, 2.45) is 7.05 Å². The van der Waals surface area contributed by atoms with Crippen LogP contribution in [0.5, 0.6) is 0 Å². The summed E-state index contributed by atoms with van der Waals surface area (Å²) in [5.41, 5.74) is 1.67.